The molecule has 4 aromatic rings. The highest BCUT2D eigenvalue weighted by Gasteiger charge is 2.27. The molecule has 0 aliphatic heterocycles. The second-order valence-electron chi connectivity index (χ2n) is 9.03. The fourth-order valence-corrected chi connectivity index (χ4v) is 5.27. The zero-order valence-electron chi connectivity index (χ0n) is 22.5. The number of benzene rings is 2. The number of rotatable bonds is 12. The van der Waals surface area contributed by atoms with Gasteiger partial charge in [-0.2, -0.15) is 0 Å². The molecular weight excluding hydrogens is 642 g/mol. The number of nitrogens with one attached hydrogen (secondary N) is 2. The number of hydrogen-bond acceptors (Lipinski definition) is 10. The molecule has 0 radical (unpaired) electrons. The van der Waals surface area contributed by atoms with E-state index < -0.39 is 60.5 Å². The van der Waals surface area contributed by atoms with Crippen molar-refractivity contribution in [3.8, 4) is 11.4 Å². The molecule has 14 nitrogen and oxygen atoms in total. The van der Waals surface area contributed by atoms with Crippen molar-refractivity contribution in [3.05, 3.63) is 74.9 Å². The number of carboxylic acids is 1. The maximum Gasteiger partial charge on any atom is 0.305 e. The van der Waals surface area contributed by atoms with Gasteiger partial charge in [-0.3, -0.25) is 28.5 Å². The van der Waals surface area contributed by atoms with Crippen LogP contribution in [0.2, 0.25) is 10.0 Å². The molecule has 2 aromatic carbocycles. The Morgan fingerprint density at radius 3 is 2.39 bits per heavy atom. The monoisotopic (exact) mass is 662 g/mol. The van der Waals surface area contributed by atoms with Crippen LogP contribution in [0, 0.1) is 5.82 Å². The second-order valence-corrected chi connectivity index (χ2v) is 10.8. The molecule has 0 fully saturated rings. The Labute approximate surface area is 261 Å². The van der Waals surface area contributed by atoms with Crippen LogP contribution in [0.15, 0.2) is 63.5 Å². The molecule has 18 heteroatoms. The number of ketones is 1. The third kappa shape index (κ3) is 8.03. The summed E-state index contributed by atoms with van der Waals surface area (Å²) >= 11 is 13.4. The molecule has 0 saturated carbocycles. The molecule has 2 heterocycles. The van der Waals surface area contributed by atoms with Crippen LogP contribution in [0.1, 0.15) is 13.3 Å². The summed E-state index contributed by atoms with van der Waals surface area (Å²) in [5.74, 6) is -4.25. The van der Waals surface area contributed by atoms with Gasteiger partial charge in [0, 0.05) is 12.5 Å². The minimum Gasteiger partial charge on any atom is -0.481 e. The summed E-state index contributed by atoms with van der Waals surface area (Å²) in [7, 11) is 0. The Morgan fingerprint density at radius 1 is 1.07 bits per heavy atom. The van der Waals surface area contributed by atoms with Crippen LogP contribution in [0.4, 0.5) is 10.1 Å². The molecule has 3 N–H and O–H groups in total. The first kappa shape index (κ1) is 32.2. The van der Waals surface area contributed by atoms with Crippen molar-refractivity contribution in [2.45, 2.75) is 42.5 Å². The number of tetrazole rings is 1. The van der Waals surface area contributed by atoms with Gasteiger partial charge in [0.2, 0.25) is 17.0 Å². The lowest BCUT2D eigenvalue weighted by molar-refractivity contribution is -0.140. The average Bonchev–Trinajstić information content (AvgIpc) is 3.39. The molecule has 0 aliphatic carbocycles. The Morgan fingerprint density at radius 2 is 1.75 bits per heavy atom. The number of Topliss-reactive ketones (excluding diaryl/α,β-unsaturated/α-hetero) is 1. The summed E-state index contributed by atoms with van der Waals surface area (Å²) < 4.78 is 15.5. The van der Waals surface area contributed by atoms with Crippen LogP contribution >= 0.6 is 35.0 Å². The van der Waals surface area contributed by atoms with E-state index in [2.05, 4.69) is 31.1 Å². The number of halogens is 3. The summed E-state index contributed by atoms with van der Waals surface area (Å²) in [6, 6.07) is 8.20. The van der Waals surface area contributed by atoms with Gasteiger partial charge < -0.3 is 15.7 Å². The molecule has 2 aromatic heterocycles. The van der Waals surface area contributed by atoms with E-state index in [9.17, 15) is 33.5 Å². The van der Waals surface area contributed by atoms with E-state index in [-0.39, 0.29) is 22.2 Å². The Bertz CT molecular complexity index is 1780. The normalized spacial score (nSPS) is 11.5. The summed E-state index contributed by atoms with van der Waals surface area (Å²) in [6.45, 7) is -0.0908. The zero-order chi connectivity index (χ0) is 32.0. The van der Waals surface area contributed by atoms with Gasteiger partial charge in [-0.05, 0) is 58.6 Å². The SMILES string of the molecule is CC(=O)Nc1cnc(-c2ccc(F)cc2)n(CC(=O)NC(CC(=O)O)C(=O)Cn2nnnc2Sc2c(Cl)cccc2Cl)c1=O. The number of amides is 2. The number of nitrogens with zero attached hydrogens (tertiary/aromatic N) is 6. The van der Waals surface area contributed by atoms with E-state index in [1.54, 1.807) is 18.2 Å². The molecule has 0 aliphatic rings. The number of anilines is 1. The van der Waals surface area contributed by atoms with Crippen molar-refractivity contribution in [1.82, 2.24) is 35.1 Å². The number of aromatic nitrogens is 6. The van der Waals surface area contributed by atoms with Crippen LogP contribution in [0.25, 0.3) is 11.4 Å². The van der Waals surface area contributed by atoms with E-state index >= 15 is 0 Å². The smallest absolute Gasteiger partial charge is 0.305 e. The van der Waals surface area contributed by atoms with Crippen molar-refractivity contribution in [2.75, 3.05) is 5.32 Å². The van der Waals surface area contributed by atoms with E-state index in [4.69, 9.17) is 23.2 Å². The van der Waals surface area contributed by atoms with Gasteiger partial charge in [0.25, 0.3) is 5.56 Å². The largest absolute Gasteiger partial charge is 0.481 e. The first-order chi connectivity index (χ1) is 20.9. The molecule has 1 atom stereocenters. The first-order valence-electron chi connectivity index (χ1n) is 12.5. The lowest BCUT2D eigenvalue weighted by Gasteiger charge is -2.18. The summed E-state index contributed by atoms with van der Waals surface area (Å²) in [5, 5.41) is 26.0. The predicted molar refractivity (Wildman–Crippen MR) is 156 cm³/mol. The zero-order valence-corrected chi connectivity index (χ0v) is 24.9. The third-order valence-corrected chi connectivity index (χ3v) is 7.75. The lowest BCUT2D eigenvalue weighted by atomic mass is 10.1. The number of carboxylic acid groups (broad SMARTS) is 1. The first-order valence-corrected chi connectivity index (χ1v) is 14.1. The summed E-state index contributed by atoms with van der Waals surface area (Å²) in [4.78, 5) is 67.3. The fraction of sp³-hybridized carbons (Fsp3) is 0.192. The molecule has 0 bridgehead atoms. The number of carbonyl (C=O) groups excluding carboxylic acids is 3. The van der Waals surface area contributed by atoms with E-state index in [0.717, 1.165) is 39.3 Å². The number of carbonyl (C=O) groups is 4. The molecule has 44 heavy (non-hydrogen) atoms. The van der Waals surface area contributed by atoms with Crippen LogP contribution in [0.3, 0.4) is 0 Å². The Balaban J connectivity index is 1.57. The van der Waals surface area contributed by atoms with Gasteiger partial charge in [0.1, 0.15) is 30.4 Å². The fourth-order valence-electron chi connectivity index (χ4n) is 3.85. The van der Waals surface area contributed by atoms with E-state index in [0.29, 0.717) is 14.9 Å². The molecule has 1 unspecified atom stereocenters. The standard InChI is InChI=1S/C26H21Cl2FN8O6S/c1-13(38)31-19-10-30-24(14-5-7-15(29)8-6-14)36(25(19)43)12-21(40)32-18(9-22(41)42)20(39)11-37-26(33-34-35-37)44-23-16(27)3-2-4-17(23)28/h2-8,10,18H,9,11-12H2,1H3,(H,31,38)(H,32,40)(H,41,42). The van der Waals surface area contributed by atoms with Crippen LogP contribution in [-0.4, -0.2) is 64.5 Å². The molecule has 2 amide bonds. The topological polar surface area (TPSA) is 191 Å². The molecular formula is C26H21Cl2FN8O6S. The summed E-state index contributed by atoms with van der Waals surface area (Å²) in [6.07, 6.45) is 0.292. The van der Waals surface area contributed by atoms with Gasteiger partial charge in [-0.1, -0.05) is 29.3 Å². The minimum atomic E-state index is -1.55. The highest BCUT2D eigenvalue weighted by molar-refractivity contribution is 7.99. The van der Waals surface area contributed by atoms with Crippen LogP contribution < -0.4 is 16.2 Å². The quantitative estimate of drug-likeness (QED) is 0.202. The van der Waals surface area contributed by atoms with Gasteiger partial charge in [0.15, 0.2) is 5.78 Å². The highest BCUT2D eigenvalue weighted by Crippen LogP contribution is 2.37. The van der Waals surface area contributed by atoms with Gasteiger partial charge in [-0.15, -0.1) is 5.10 Å². The maximum atomic E-state index is 13.5. The average molecular weight is 663 g/mol. The van der Waals surface area contributed by atoms with Crippen molar-refractivity contribution < 1.29 is 28.7 Å². The minimum absolute atomic E-state index is 0.0473. The van der Waals surface area contributed by atoms with Gasteiger partial charge in [0.05, 0.1) is 33.6 Å². The van der Waals surface area contributed by atoms with Crippen molar-refractivity contribution in [2.24, 2.45) is 0 Å². The summed E-state index contributed by atoms with van der Waals surface area (Å²) in [5.41, 5.74) is -0.790. The van der Waals surface area contributed by atoms with Crippen molar-refractivity contribution >= 4 is 64.2 Å². The molecule has 4 rings (SSSR count). The third-order valence-electron chi connectivity index (χ3n) is 5.78. The number of aliphatic carboxylic acids is 1. The van der Waals surface area contributed by atoms with Crippen LogP contribution in [-0.2, 0) is 32.3 Å². The Hall–Kier alpha value is -4.67. The van der Waals surface area contributed by atoms with E-state index in [1.807, 2.05) is 0 Å². The van der Waals surface area contributed by atoms with Gasteiger partial charge in [-0.25, -0.2) is 14.1 Å². The maximum absolute atomic E-state index is 13.5. The lowest BCUT2D eigenvalue weighted by Crippen LogP contribution is -2.46. The van der Waals surface area contributed by atoms with Crippen LogP contribution in [0.5, 0.6) is 0 Å². The molecule has 228 valence electrons. The second kappa shape index (κ2) is 14.2. The van der Waals surface area contributed by atoms with Crippen molar-refractivity contribution in [1.29, 1.82) is 0 Å². The highest BCUT2D eigenvalue weighted by atomic mass is 35.5. The predicted octanol–water partition coefficient (Wildman–Crippen LogP) is 2.68. The molecule has 0 saturated heterocycles. The Kier molecular flexibility index (Phi) is 10.4. The number of hydrogen-bond donors (Lipinski definition) is 3. The molecule has 0 spiro atoms. The van der Waals surface area contributed by atoms with E-state index in [1.165, 1.54) is 19.1 Å². The van der Waals surface area contributed by atoms with Gasteiger partial charge >= 0.3 is 5.97 Å². The van der Waals surface area contributed by atoms with Crippen molar-refractivity contribution in [3.63, 3.8) is 0 Å².